The van der Waals surface area contributed by atoms with Crippen LogP contribution in [0.3, 0.4) is 0 Å². The summed E-state index contributed by atoms with van der Waals surface area (Å²) >= 11 is 0. The normalized spacial score (nSPS) is 14.8. The lowest BCUT2D eigenvalue weighted by molar-refractivity contribution is -0.137. The van der Waals surface area contributed by atoms with Crippen molar-refractivity contribution < 1.29 is 27.6 Å². The summed E-state index contributed by atoms with van der Waals surface area (Å²) in [5, 5.41) is 13.5. The van der Waals surface area contributed by atoms with Crippen molar-refractivity contribution in [1.82, 2.24) is 10.1 Å². The summed E-state index contributed by atoms with van der Waals surface area (Å²) in [5.74, 6) is -0.937. The highest BCUT2D eigenvalue weighted by molar-refractivity contribution is 6.06. The van der Waals surface area contributed by atoms with E-state index in [0.29, 0.717) is 11.3 Å². The monoisotopic (exact) mass is 348 g/mol. The van der Waals surface area contributed by atoms with Crippen LogP contribution in [0.1, 0.15) is 40.4 Å². The largest absolute Gasteiger partial charge is 0.478 e. The fourth-order valence-corrected chi connectivity index (χ4v) is 2.74. The molecule has 0 bridgehead atoms. The predicted molar refractivity (Wildman–Crippen MR) is 81.2 cm³/mol. The van der Waals surface area contributed by atoms with Crippen molar-refractivity contribution in [2.24, 2.45) is 0 Å². The number of carbonyl (C=O) groups is 1. The average Bonchev–Trinajstić information content (AvgIpc) is 3.33. The first-order valence-corrected chi connectivity index (χ1v) is 7.56. The van der Waals surface area contributed by atoms with Gasteiger partial charge in [0.15, 0.2) is 0 Å². The summed E-state index contributed by atoms with van der Waals surface area (Å²) in [5.41, 5.74) is 0.405. The van der Waals surface area contributed by atoms with Gasteiger partial charge in [0.1, 0.15) is 5.69 Å². The number of benzene rings is 1. The van der Waals surface area contributed by atoms with Crippen LogP contribution in [-0.4, -0.2) is 21.2 Å². The molecule has 0 spiro atoms. The van der Waals surface area contributed by atoms with E-state index in [4.69, 9.17) is 4.52 Å². The third-order valence-electron chi connectivity index (χ3n) is 4.18. The minimum Gasteiger partial charge on any atom is -0.478 e. The first kappa shape index (κ1) is 15.6. The minimum atomic E-state index is -4.45. The van der Waals surface area contributed by atoms with Gasteiger partial charge < -0.3 is 9.63 Å². The zero-order chi connectivity index (χ0) is 17.8. The standard InChI is InChI=1S/C17H11F3N2O3/c18-17(19,20)10-5-3-9(4-6-10)14-13-11(16(23)24)7-12(8-1-2-8)21-15(13)25-22-14/h3-8H,1-2H2,(H,23,24). The second-order valence-electron chi connectivity index (χ2n) is 5.96. The Balaban J connectivity index is 1.86. The van der Waals surface area contributed by atoms with Gasteiger partial charge in [0.2, 0.25) is 0 Å². The number of aromatic carboxylic acids is 1. The Kier molecular flexibility index (Phi) is 3.31. The van der Waals surface area contributed by atoms with Crippen molar-refractivity contribution in [3.05, 3.63) is 47.2 Å². The van der Waals surface area contributed by atoms with Crippen LogP contribution in [0.2, 0.25) is 0 Å². The number of nitrogens with zero attached hydrogens (tertiary/aromatic N) is 2. The molecule has 1 aromatic carbocycles. The van der Waals surface area contributed by atoms with E-state index in [1.54, 1.807) is 0 Å². The molecular formula is C17H11F3N2O3. The van der Waals surface area contributed by atoms with E-state index in [9.17, 15) is 23.1 Å². The van der Waals surface area contributed by atoms with Crippen molar-refractivity contribution in [2.75, 3.05) is 0 Å². The number of rotatable bonds is 3. The van der Waals surface area contributed by atoms with Crippen LogP contribution < -0.4 is 0 Å². The highest BCUT2D eigenvalue weighted by Gasteiger charge is 2.31. The van der Waals surface area contributed by atoms with Gasteiger partial charge in [-0.2, -0.15) is 13.2 Å². The molecule has 2 aromatic heterocycles. The topological polar surface area (TPSA) is 76.2 Å². The maximum absolute atomic E-state index is 12.7. The number of alkyl halides is 3. The van der Waals surface area contributed by atoms with Crippen molar-refractivity contribution in [3.8, 4) is 11.3 Å². The molecule has 3 aromatic rings. The number of pyridine rings is 1. The molecule has 1 N–H and O–H groups in total. The summed E-state index contributed by atoms with van der Waals surface area (Å²) in [4.78, 5) is 15.9. The van der Waals surface area contributed by atoms with E-state index in [2.05, 4.69) is 10.1 Å². The zero-order valence-electron chi connectivity index (χ0n) is 12.7. The van der Waals surface area contributed by atoms with Crippen LogP contribution >= 0.6 is 0 Å². The maximum Gasteiger partial charge on any atom is 0.416 e. The van der Waals surface area contributed by atoms with E-state index in [1.807, 2.05) is 0 Å². The Labute approximate surface area is 139 Å². The van der Waals surface area contributed by atoms with Gasteiger partial charge in [-0.25, -0.2) is 9.78 Å². The summed E-state index contributed by atoms with van der Waals surface area (Å²) in [6.07, 6.45) is -2.56. The third-order valence-corrected chi connectivity index (χ3v) is 4.18. The molecule has 1 saturated carbocycles. The molecule has 0 atom stereocenters. The number of aromatic nitrogens is 2. The van der Waals surface area contributed by atoms with Gasteiger partial charge in [-0.05, 0) is 31.0 Å². The number of carboxylic acids is 1. The summed E-state index contributed by atoms with van der Waals surface area (Å²) in [6.45, 7) is 0. The molecule has 0 radical (unpaired) electrons. The van der Waals surface area contributed by atoms with Gasteiger partial charge >= 0.3 is 12.1 Å². The molecular weight excluding hydrogens is 337 g/mol. The molecule has 4 rings (SSSR count). The van der Waals surface area contributed by atoms with E-state index in [-0.39, 0.29) is 28.3 Å². The Hall–Kier alpha value is -2.90. The molecule has 25 heavy (non-hydrogen) atoms. The lowest BCUT2D eigenvalue weighted by Crippen LogP contribution is -2.04. The molecule has 0 aliphatic heterocycles. The summed E-state index contributed by atoms with van der Waals surface area (Å²) < 4.78 is 43.2. The van der Waals surface area contributed by atoms with Gasteiger partial charge in [0.05, 0.1) is 16.5 Å². The first-order valence-electron chi connectivity index (χ1n) is 7.56. The number of carboxylic acid groups (broad SMARTS) is 1. The summed E-state index contributed by atoms with van der Waals surface area (Å²) in [7, 11) is 0. The molecule has 0 unspecified atom stereocenters. The third kappa shape index (κ3) is 2.73. The number of halogens is 3. The van der Waals surface area contributed by atoms with Gasteiger partial charge in [-0.1, -0.05) is 17.3 Å². The minimum absolute atomic E-state index is 0.0111. The molecule has 5 nitrogen and oxygen atoms in total. The Morgan fingerprint density at radius 1 is 1.20 bits per heavy atom. The van der Waals surface area contributed by atoms with Crippen LogP contribution in [-0.2, 0) is 6.18 Å². The van der Waals surface area contributed by atoms with Gasteiger partial charge in [0.25, 0.3) is 5.71 Å². The Bertz CT molecular complexity index is 973. The molecule has 2 heterocycles. The first-order chi connectivity index (χ1) is 11.8. The van der Waals surface area contributed by atoms with Crippen molar-refractivity contribution in [1.29, 1.82) is 0 Å². The molecule has 1 aliphatic carbocycles. The predicted octanol–water partition coefficient (Wildman–Crippen LogP) is 4.48. The average molecular weight is 348 g/mol. The second kappa shape index (κ2) is 5.30. The summed E-state index contributed by atoms with van der Waals surface area (Å²) in [6, 6.07) is 5.80. The van der Waals surface area contributed by atoms with Crippen LogP contribution in [0.25, 0.3) is 22.4 Å². The van der Waals surface area contributed by atoms with E-state index >= 15 is 0 Å². The van der Waals surface area contributed by atoms with Gasteiger partial charge in [-0.15, -0.1) is 0 Å². The van der Waals surface area contributed by atoms with E-state index < -0.39 is 17.7 Å². The molecule has 1 fully saturated rings. The van der Waals surface area contributed by atoms with E-state index in [0.717, 1.165) is 25.0 Å². The van der Waals surface area contributed by atoms with Crippen LogP contribution in [0.4, 0.5) is 13.2 Å². The smallest absolute Gasteiger partial charge is 0.416 e. The highest BCUT2D eigenvalue weighted by Crippen LogP contribution is 2.41. The maximum atomic E-state index is 12.7. The Morgan fingerprint density at radius 3 is 2.44 bits per heavy atom. The zero-order valence-corrected chi connectivity index (χ0v) is 12.7. The van der Waals surface area contributed by atoms with Crippen molar-refractivity contribution >= 4 is 17.1 Å². The fraction of sp³-hybridized carbons (Fsp3) is 0.235. The molecule has 1 aliphatic rings. The quantitative estimate of drug-likeness (QED) is 0.755. The lowest BCUT2D eigenvalue weighted by atomic mass is 10.0. The fourth-order valence-electron chi connectivity index (χ4n) is 2.74. The van der Waals surface area contributed by atoms with Gasteiger partial charge in [-0.3, -0.25) is 0 Å². The highest BCUT2D eigenvalue weighted by atomic mass is 19.4. The molecule has 8 heteroatoms. The molecule has 0 amide bonds. The molecule has 0 saturated heterocycles. The lowest BCUT2D eigenvalue weighted by Gasteiger charge is -2.07. The number of hydrogen-bond donors (Lipinski definition) is 1. The SMILES string of the molecule is O=C(O)c1cc(C2CC2)nc2onc(-c3ccc(C(F)(F)F)cc3)c12. The van der Waals surface area contributed by atoms with E-state index in [1.165, 1.54) is 18.2 Å². The number of hydrogen-bond acceptors (Lipinski definition) is 4. The van der Waals surface area contributed by atoms with Crippen molar-refractivity contribution in [3.63, 3.8) is 0 Å². The van der Waals surface area contributed by atoms with Gasteiger partial charge in [0, 0.05) is 17.2 Å². The van der Waals surface area contributed by atoms with Crippen molar-refractivity contribution in [2.45, 2.75) is 24.9 Å². The second-order valence-corrected chi connectivity index (χ2v) is 5.96. The van der Waals surface area contributed by atoms with Crippen LogP contribution in [0.15, 0.2) is 34.9 Å². The Morgan fingerprint density at radius 2 is 1.88 bits per heavy atom. The number of fused-ring (bicyclic) bond motifs is 1. The van der Waals surface area contributed by atoms with Crippen LogP contribution in [0, 0.1) is 0 Å². The molecule has 128 valence electrons. The van der Waals surface area contributed by atoms with Crippen LogP contribution in [0.5, 0.6) is 0 Å².